The summed E-state index contributed by atoms with van der Waals surface area (Å²) < 4.78 is 5.02. The molecule has 1 saturated heterocycles. The number of furan rings is 1. The molecule has 1 aliphatic heterocycles. The molecule has 138 valence electrons. The molecule has 2 heterocycles. The van der Waals surface area contributed by atoms with Crippen LogP contribution in [0.1, 0.15) is 37.2 Å². The van der Waals surface area contributed by atoms with Crippen molar-refractivity contribution in [3.8, 4) is 0 Å². The van der Waals surface area contributed by atoms with Crippen LogP contribution in [0, 0.1) is 5.92 Å². The van der Waals surface area contributed by atoms with E-state index in [1.165, 1.54) is 24.8 Å². The Kier molecular flexibility index (Phi) is 5.61. The van der Waals surface area contributed by atoms with Gasteiger partial charge in [-0.1, -0.05) is 6.92 Å². The summed E-state index contributed by atoms with van der Waals surface area (Å²) in [6.45, 7) is 6.08. The van der Waals surface area contributed by atoms with Gasteiger partial charge in [0.2, 0.25) is 5.91 Å². The average molecular weight is 355 g/mol. The van der Waals surface area contributed by atoms with Gasteiger partial charge in [0.15, 0.2) is 5.76 Å². The number of hydrogen-bond acceptors (Lipinski definition) is 4. The summed E-state index contributed by atoms with van der Waals surface area (Å²) in [4.78, 5) is 26.6. The number of rotatable bonds is 5. The number of nitrogens with zero attached hydrogens (tertiary/aromatic N) is 1. The van der Waals surface area contributed by atoms with E-state index in [0.717, 1.165) is 19.0 Å². The summed E-state index contributed by atoms with van der Waals surface area (Å²) in [7, 11) is 0. The van der Waals surface area contributed by atoms with Gasteiger partial charge in [-0.25, -0.2) is 0 Å². The lowest BCUT2D eigenvalue weighted by Gasteiger charge is -2.32. The highest BCUT2D eigenvalue weighted by molar-refractivity contribution is 5.99. The van der Waals surface area contributed by atoms with Crippen LogP contribution in [0.25, 0.3) is 0 Å². The quantitative estimate of drug-likeness (QED) is 0.863. The second kappa shape index (κ2) is 8.08. The number of nitrogens with one attached hydrogen (secondary N) is 2. The monoisotopic (exact) mass is 355 g/mol. The van der Waals surface area contributed by atoms with E-state index >= 15 is 0 Å². The molecule has 0 bridgehead atoms. The SMILES string of the molecule is CC1CCN(c2ccc(NC(=O)C(C)NC(=O)c3ccco3)cc2)CC1. The summed E-state index contributed by atoms with van der Waals surface area (Å²) in [6.07, 6.45) is 3.85. The summed E-state index contributed by atoms with van der Waals surface area (Å²) in [6, 6.07) is 10.4. The topological polar surface area (TPSA) is 74.6 Å². The Balaban J connectivity index is 1.53. The zero-order valence-electron chi connectivity index (χ0n) is 15.2. The Morgan fingerprint density at radius 2 is 1.85 bits per heavy atom. The van der Waals surface area contributed by atoms with Crippen molar-refractivity contribution in [2.24, 2.45) is 5.92 Å². The van der Waals surface area contributed by atoms with Crippen molar-refractivity contribution in [1.29, 1.82) is 0 Å². The van der Waals surface area contributed by atoms with E-state index in [1.807, 2.05) is 24.3 Å². The number of anilines is 2. The smallest absolute Gasteiger partial charge is 0.287 e. The maximum absolute atomic E-state index is 12.3. The van der Waals surface area contributed by atoms with Crippen molar-refractivity contribution in [2.45, 2.75) is 32.7 Å². The Hall–Kier alpha value is -2.76. The molecule has 6 nitrogen and oxygen atoms in total. The highest BCUT2D eigenvalue weighted by atomic mass is 16.3. The van der Waals surface area contributed by atoms with E-state index in [0.29, 0.717) is 5.69 Å². The zero-order valence-corrected chi connectivity index (χ0v) is 15.2. The largest absolute Gasteiger partial charge is 0.459 e. The normalized spacial score (nSPS) is 16.2. The Labute approximate surface area is 153 Å². The Bertz CT molecular complexity index is 732. The molecule has 6 heteroatoms. The van der Waals surface area contributed by atoms with E-state index in [4.69, 9.17) is 4.42 Å². The first-order chi connectivity index (χ1) is 12.5. The minimum Gasteiger partial charge on any atom is -0.459 e. The maximum Gasteiger partial charge on any atom is 0.287 e. The van der Waals surface area contributed by atoms with Gasteiger partial charge in [-0.15, -0.1) is 0 Å². The molecule has 2 aromatic rings. The van der Waals surface area contributed by atoms with Gasteiger partial charge in [-0.05, 0) is 62.1 Å². The lowest BCUT2D eigenvalue weighted by Crippen LogP contribution is -2.41. The number of carbonyl (C=O) groups is 2. The molecule has 1 unspecified atom stereocenters. The predicted molar refractivity (Wildman–Crippen MR) is 101 cm³/mol. The van der Waals surface area contributed by atoms with E-state index in [1.54, 1.807) is 19.1 Å². The Morgan fingerprint density at radius 1 is 1.15 bits per heavy atom. The van der Waals surface area contributed by atoms with Crippen molar-refractivity contribution in [2.75, 3.05) is 23.3 Å². The second-order valence-corrected chi connectivity index (χ2v) is 6.88. The lowest BCUT2D eigenvalue weighted by molar-refractivity contribution is -0.117. The molecule has 2 N–H and O–H groups in total. The van der Waals surface area contributed by atoms with Gasteiger partial charge >= 0.3 is 0 Å². The fourth-order valence-electron chi connectivity index (χ4n) is 3.01. The van der Waals surface area contributed by atoms with Gasteiger partial charge < -0.3 is 20.0 Å². The van der Waals surface area contributed by atoms with Gasteiger partial charge in [0, 0.05) is 24.5 Å². The van der Waals surface area contributed by atoms with E-state index in [2.05, 4.69) is 22.5 Å². The molecule has 2 amide bonds. The number of carbonyl (C=O) groups excluding carboxylic acids is 2. The van der Waals surface area contributed by atoms with Crippen molar-refractivity contribution in [3.63, 3.8) is 0 Å². The zero-order chi connectivity index (χ0) is 18.5. The summed E-state index contributed by atoms with van der Waals surface area (Å²) >= 11 is 0. The van der Waals surface area contributed by atoms with Gasteiger partial charge in [0.25, 0.3) is 5.91 Å². The van der Waals surface area contributed by atoms with Crippen LogP contribution >= 0.6 is 0 Å². The van der Waals surface area contributed by atoms with E-state index < -0.39 is 11.9 Å². The van der Waals surface area contributed by atoms with Gasteiger partial charge in [-0.2, -0.15) is 0 Å². The number of benzene rings is 1. The van der Waals surface area contributed by atoms with E-state index in [-0.39, 0.29) is 11.7 Å². The molecule has 1 aromatic carbocycles. The molecule has 1 fully saturated rings. The first-order valence-corrected chi connectivity index (χ1v) is 9.03. The highest BCUT2D eigenvalue weighted by Crippen LogP contribution is 2.24. The molecule has 1 aliphatic rings. The molecular formula is C20H25N3O3. The third-order valence-electron chi connectivity index (χ3n) is 4.77. The molecule has 0 radical (unpaired) electrons. The number of hydrogen-bond donors (Lipinski definition) is 2. The van der Waals surface area contributed by atoms with Crippen LogP contribution in [0.3, 0.4) is 0 Å². The summed E-state index contributed by atoms with van der Waals surface area (Å²) in [5.74, 6) is 0.296. The van der Waals surface area contributed by atoms with Crippen LogP contribution in [-0.2, 0) is 4.79 Å². The van der Waals surface area contributed by atoms with Gasteiger partial charge in [0.1, 0.15) is 6.04 Å². The lowest BCUT2D eigenvalue weighted by atomic mass is 9.99. The first kappa shape index (κ1) is 18.0. The molecule has 26 heavy (non-hydrogen) atoms. The minimum absolute atomic E-state index is 0.185. The molecular weight excluding hydrogens is 330 g/mol. The predicted octanol–water partition coefficient (Wildman–Crippen LogP) is 3.27. The first-order valence-electron chi connectivity index (χ1n) is 9.03. The number of piperidine rings is 1. The van der Waals surface area contributed by atoms with Crippen molar-refractivity contribution in [3.05, 3.63) is 48.4 Å². The molecule has 3 rings (SSSR count). The van der Waals surface area contributed by atoms with Crippen LogP contribution in [0.5, 0.6) is 0 Å². The van der Waals surface area contributed by atoms with Crippen LogP contribution in [0.2, 0.25) is 0 Å². The third kappa shape index (κ3) is 4.45. The fraction of sp³-hybridized carbons (Fsp3) is 0.400. The molecule has 1 atom stereocenters. The van der Waals surface area contributed by atoms with Crippen molar-refractivity contribution in [1.82, 2.24) is 5.32 Å². The highest BCUT2D eigenvalue weighted by Gasteiger charge is 2.19. The standard InChI is InChI=1S/C20H25N3O3/c1-14-9-11-23(12-10-14)17-7-5-16(6-8-17)22-19(24)15(2)21-20(25)18-4-3-13-26-18/h3-8,13-15H,9-12H2,1-2H3,(H,21,25)(H,22,24). The maximum atomic E-state index is 12.3. The molecule has 0 saturated carbocycles. The number of amides is 2. The Morgan fingerprint density at radius 3 is 2.46 bits per heavy atom. The van der Waals surface area contributed by atoms with Crippen molar-refractivity contribution >= 4 is 23.2 Å². The van der Waals surface area contributed by atoms with Crippen molar-refractivity contribution < 1.29 is 14.0 Å². The molecule has 1 aromatic heterocycles. The molecule has 0 spiro atoms. The fourth-order valence-corrected chi connectivity index (χ4v) is 3.01. The molecule has 0 aliphatic carbocycles. The minimum atomic E-state index is -0.671. The van der Waals surface area contributed by atoms with Crippen LogP contribution < -0.4 is 15.5 Å². The van der Waals surface area contributed by atoms with Gasteiger partial charge in [0.05, 0.1) is 6.26 Å². The third-order valence-corrected chi connectivity index (χ3v) is 4.77. The summed E-state index contributed by atoms with van der Waals surface area (Å²) in [5.41, 5.74) is 1.89. The average Bonchev–Trinajstić information content (AvgIpc) is 3.18. The van der Waals surface area contributed by atoms with Gasteiger partial charge in [-0.3, -0.25) is 9.59 Å². The van der Waals surface area contributed by atoms with Crippen LogP contribution in [0.15, 0.2) is 47.1 Å². The van der Waals surface area contributed by atoms with Crippen LogP contribution in [-0.4, -0.2) is 30.9 Å². The second-order valence-electron chi connectivity index (χ2n) is 6.88. The van der Waals surface area contributed by atoms with Crippen LogP contribution in [0.4, 0.5) is 11.4 Å². The summed E-state index contributed by atoms with van der Waals surface area (Å²) in [5, 5.41) is 5.44. The van der Waals surface area contributed by atoms with E-state index in [9.17, 15) is 9.59 Å².